The number of nitrogens with one attached hydrogen (secondary N) is 1. The smallest absolute Gasteiger partial charge is 0.237 e. The van der Waals surface area contributed by atoms with Gasteiger partial charge in [-0.1, -0.05) is 26.8 Å². The highest BCUT2D eigenvalue weighted by atomic mass is 16.2. The second-order valence-electron chi connectivity index (χ2n) is 4.21. The fourth-order valence-corrected chi connectivity index (χ4v) is 0.801. The second-order valence-corrected chi connectivity index (χ2v) is 4.21. The molecule has 3 N–H and O–H groups in total. The van der Waals surface area contributed by atoms with Crippen molar-refractivity contribution in [2.24, 2.45) is 11.1 Å². The number of hydrogen-bond donors (Lipinski definition) is 2. The van der Waals surface area contributed by atoms with Gasteiger partial charge >= 0.3 is 0 Å². The molecular weight excluding hydrogens is 164 g/mol. The van der Waals surface area contributed by atoms with Crippen LogP contribution in [0.15, 0.2) is 12.7 Å². The van der Waals surface area contributed by atoms with E-state index in [0.29, 0.717) is 6.54 Å². The summed E-state index contributed by atoms with van der Waals surface area (Å²) in [6.45, 7) is 10.0. The highest BCUT2D eigenvalue weighted by Gasteiger charge is 2.26. The summed E-state index contributed by atoms with van der Waals surface area (Å²) in [5, 5.41) is 2.75. The number of carbonyl (C=O) groups is 1. The van der Waals surface area contributed by atoms with Crippen LogP contribution in [0.1, 0.15) is 27.2 Å². The first-order chi connectivity index (χ1) is 5.89. The van der Waals surface area contributed by atoms with E-state index in [4.69, 9.17) is 5.73 Å². The fraction of sp³-hybridized carbons (Fsp3) is 0.700. The average Bonchev–Trinajstić information content (AvgIpc) is 2.01. The van der Waals surface area contributed by atoms with E-state index < -0.39 is 6.04 Å². The lowest BCUT2D eigenvalue weighted by molar-refractivity contribution is -0.124. The largest absolute Gasteiger partial charge is 0.354 e. The standard InChI is InChI=1S/C10H20N2O/c1-5-6-7-12-9(13)8(11)10(2,3)4/h5,8H,1,6-7,11H2,2-4H3,(H,12,13)/t8-/m1/s1. The van der Waals surface area contributed by atoms with Crippen molar-refractivity contribution in [3.05, 3.63) is 12.7 Å². The van der Waals surface area contributed by atoms with Crippen LogP contribution in [0.2, 0.25) is 0 Å². The minimum atomic E-state index is -0.447. The third-order valence-electron chi connectivity index (χ3n) is 1.86. The summed E-state index contributed by atoms with van der Waals surface area (Å²) in [6, 6.07) is -0.447. The van der Waals surface area contributed by atoms with E-state index in [9.17, 15) is 4.79 Å². The molecule has 0 aromatic carbocycles. The molecular formula is C10H20N2O. The zero-order valence-electron chi connectivity index (χ0n) is 8.76. The number of nitrogens with two attached hydrogens (primary N) is 1. The van der Waals surface area contributed by atoms with Gasteiger partial charge in [0.1, 0.15) is 0 Å². The zero-order chi connectivity index (χ0) is 10.5. The van der Waals surface area contributed by atoms with Crippen molar-refractivity contribution < 1.29 is 4.79 Å². The first kappa shape index (κ1) is 12.2. The first-order valence-corrected chi connectivity index (χ1v) is 4.53. The molecule has 0 aliphatic heterocycles. The highest BCUT2D eigenvalue weighted by Crippen LogP contribution is 2.16. The summed E-state index contributed by atoms with van der Waals surface area (Å²) in [6.07, 6.45) is 2.55. The van der Waals surface area contributed by atoms with Gasteiger partial charge in [-0.05, 0) is 11.8 Å². The van der Waals surface area contributed by atoms with Crippen LogP contribution in [-0.4, -0.2) is 18.5 Å². The van der Waals surface area contributed by atoms with Gasteiger partial charge in [0.25, 0.3) is 0 Å². The molecule has 0 saturated carbocycles. The predicted octanol–water partition coefficient (Wildman–Crippen LogP) is 1.05. The molecule has 3 nitrogen and oxygen atoms in total. The van der Waals surface area contributed by atoms with Crippen LogP contribution in [0, 0.1) is 5.41 Å². The van der Waals surface area contributed by atoms with Crippen molar-refractivity contribution in [1.29, 1.82) is 0 Å². The molecule has 0 spiro atoms. The Morgan fingerprint density at radius 2 is 2.15 bits per heavy atom. The lowest BCUT2D eigenvalue weighted by Crippen LogP contribution is -2.48. The molecule has 0 radical (unpaired) electrons. The maximum Gasteiger partial charge on any atom is 0.237 e. The van der Waals surface area contributed by atoms with Crippen molar-refractivity contribution in [3.63, 3.8) is 0 Å². The van der Waals surface area contributed by atoms with E-state index in [1.54, 1.807) is 6.08 Å². The number of carbonyl (C=O) groups excluding carboxylic acids is 1. The molecule has 0 aromatic rings. The Labute approximate surface area is 80.4 Å². The molecule has 0 fully saturated rings. The number of amides is 1. The van der Waals surface area contributed by atoms with Crippen molar-refractivity contribution >= 4 is 5.91 Å². The molecule has 76 valence electrons. The van der Waals surface area contributed by atoms with Gasteiger partial charge in [-0.25, -0.2) is 0 Å². The van der Waals surface area contributed by atoms with Crippen molar-refractivity contribution in [2.75, 3.05) is 6.54 Å². The van der Waals surface area contributed by atoms with Gasteiger partial charge < -0.3 is 11.1 Å². The Balaban J connectivity index is 3.90. The average molecular weight is 184 g/mol. The van der Waals surface area contributed by atoms with Crippen molar-refractivity contribution in [3.8, 4) is 0 Å². The number of rotatable bonds is 4. The molecule has 0 heterocycles. The summed E-state index contributed by atoms with van der Waals surface area (Å²) < 4.78 is 0. The van der Waals surface area contributed by atoms with E-state index in [1.165, 1.54) is 0 Å². The van der Waals surface area contributed by atoms with E-state index in [-0.39, 0.29) is 11.3 Å². The minimum absolute atomic E-state index is 0.0886. The lowest BCUT2D eigenvalue weighted by Gasteiger charge is -2.25. The SMILES string of the molecule is C=CCCNC(=O)[C@@H](N)C(C)(C)C. The third-order valence-corrected chi connectivity index (χ3v) is 1.86. The van der Waals surface area contributed by atoms with Gasteiger partial charge in [-0.3, -0.25) is 4.79 Å². The normalized spacial score (nSPS) is 13.5. The Hall–Kier alpha value is -0.830. The zero-order valence-corrected chi connectivity index (χ0v) is 8.76. The van der Waals surface area contributed by atoms with Gasteiger partial charge in [0, 0.05) is 6.54 Å². The number of hydrogen-bond acceptors (Lipinski definition) is 2. The monoisotopic (exact) mass is 184 g/mol. The molecule has 1 amide bonds. The van der Waals surface area contributed by atoms with Crippen LogP contribution >= 0.6 is 0 Å². The summed E-state index contributed by atoms with van der Waals surface area (Å²) in [5.41, 5.74) is 5.56. The Morgan fingerprint density at radius 1 is 1.62 bits per heavy atom. The van der Waals surface area contributed by atoms with E-state index >= 15 is 0 Å². The van der Waals surface area contributed by atoms with Gasteiger partial charge in [0.05, 0.1) is 6.04 Å². The topological polar surface area (TPSA) is 55.1 Å². The van der Waals surface area contributed by atoms with Crippen molar-refractivity contribution in [2.45, 2.75) is 33.2 Å². The van der Waals surface area contributed by atoms with E-state index in [2.05, 4.69) is 11.9 Å². The Bertz CT molecular complexity index is 182. The summed E-state index contributed by atoms with van der Waals surface area (Å²) in [4.78, 5) is 11.4. The molecule has 13 heavy (non-hydrogen) atoms. The molecule has 0 rings (SSSR count). The van der Waals surface area contributed by atoms with E-state index in [1.807, 2.05) is 20.8 Å². The Morgan fingerprint density at radius 3 is 2.54 bits per heavy atom. The molecule has 0 saturated heterocycles. The fourth-order valence-electron chi connectivity index (χ4n) is 0.801. The van der Waals surface area contributed by atoms with Crippen molar-refractivity contribution in [1.82, 2.24) is 5.32 Å². The van der Waals surface area contributed by atoms with Crippen LogP contribution in [-0.2, 0) is 4.79 Å². The van der Waals surface area contributed by atoms with Gasteiger partial charge in [-0.15, -0.1) is 6.58 Å². The maximum absolute atomic E-state index is 11.4. The van der Waals surface area contributed by atoms with Gasteiger partial charge in [0.2, 0.25) is 5.91 Å². The van der Waals surface area contributed by atoms with Crippen LogP contribution in [0.3, 0.4) is 0 Å². The molecule has 0 unspecified atom stereocenters. The van der Waals surface area contributed by atoms with Crippen LogP contribution in [0.5, 0.6) is 0 Å². The minimum Gasteiger partial charge on any atom is -0.354 e. The molecule has 0 aliphatic carbocycles. The second kappa shape index (κ2) is 5.02. The highest BCUT2D eigenvalue weighted by molar-refractivity contribution is 5.82. The molecule has 0 bridgehead atoms. The molecule has 0 aromatic heterocycles. The predicted molar refractivity (Wildman–Crippen MR) is 55.3 cm³/mol. The molecule has 3 heteroatoms. The van der Waals surface area contributed by atoms with Gasteiger partial charge in [0.15, 0.2) is 0 Å². The summed E-state index contributed by atoms with van der Waals surface area (Å²) >= 11 is 0. The quantitative estimate of drug-likeness (QED) is 0.507. The van der Waals surface area contributed by atoms with Gasteiger partial charge in [-0.2, -0.15) is 0 Å². The van der Waals surface area contributed by atoms with Crippen LogP contribution < -0.4 is 11.1 Å². The lowest BCUT2D eigenvalue weighted by atomic mass is 9.87. The molecule has 0 aliphatic rings. The molecule has 1 atom stereocenters. The van der Waals surface area contributed by atoms with E-state index in [0.717, 1.165) is 6.42 Å². The summed E-state index contributed by atoms with van der Waals surface area (Å²) in [5.74, 6) is -0.0886. The Kier molecular flexibility index (Phi) is 4.70. The summed E-state index contributed by atoms with van der Waals surface area (Å²) in [7, 11) is 0. The third kappa shape index (κ3) is 4.68. The first-order valence-electron chi connectivity index (χ1n) is 4.53. The maximum atomic E-state index is 11.4. The van der Waals surface area contributed by atoms with Crippen LogP contribution in [0.4, 0.5) is 0 Å². The van der Waals surface area contributed by atoms with Crippen LogP contribution in [0.25, 0.3) is 0 Å².